The Morgan fingerprint density at radius 3 is 2.78 bits per heavy atom. The van der Waals surface area contributed by atoms with Crippen molar-refractivity contribution in [2.45, 2.75) is 19.8 Å². The minimum Gasteiger partial charge on any atom is -0.258 e. The lowest BCUT2D eigenvalue weighted by atomic mass is 10.3. The summed E-state index contributed by atoms with van der Waals surface area (Å²) in [6.45, 7) is 7.71. The van der Waals surface area contributed by atoms with Crippen LogP contribution in [0.4, 0.5) is 0 Å². The second kappa shape index (κ2) is 7.66. The molecular formula is C7H16N2. The van der Waals surface area contributed by atoms with Crippen LogP contribution >= 0.6 is 0 Å². The van der Waals surface area contributed by atoms with Crippen LogP contribution in [0.15, 0.2) is 12.7 Å². The average molecular weight is 128 g/mol. The molecule has 0 saturated carbocycles. The van der Waals surface area contributed by atoms with Crippen LogP contribution in [-0.2, 0) is 0 Å². The van der Waals surface area contributed by atoms with Gasteiger partial charge in [-0.1, -0.05) is 13.0 Å². The minimum atomic E-state index is 0.980. The molecule has 2 N–H and O–H groups in total. The zero-order valence-electron chi connectivity index (χ0n) is 6.11. The van der Waals surface area contributed by atoms with Gasteiger partial charge in [0.15, 0.2) is 0 Å². The summed E-state index contributed by atoms with van der Waals surface area (Å²) in [7, 11) is 0. The Morgan fingerprint density at radius 1 is 1.44 bits per heavy atom. The van der Waals surface area contributed by atoms with E-state index in [2.05, 4.69) is 24.4 Å². The lowest BCUT2D eigenvalue weighted by Crippen LogP contribution is -2.31. The molecule has 0 saturated heterocycles. The molecule has 0 rings (SSSR count). The molecule has 0 unspecified atom stereocenters. The molecule has 54 valence electrons. The monoisotopic (exact) mass is 128 g/mol. The number of hydrazine groups is 1. The molecule has 0 spiro atoms. The van der Waals surface area contributed by atoms with Crippen LogP contribution < -0.4 is 10.9 Å². The van der Waals surface area contributed by atoms with Gasteiger partial charge in [-0.2, -0.15) is 0 Å². The molecule has 0 fully saturated rings. The van der Waals surface area contributed by atoms with Crippen molar-refractivity contribution in [1.29, 1.82) is 0 Å². The zero-order chi connectivity index (χ0) is 6.95. The van der Waals surface area contributed by atoms with E-state index in [0.717, 1.165) is 25.9 Å². The highest BCUT2D eigenvalue weighted by molar-refractivity contribution is 4.65. The largest absolute Gasteiger partial charge is 0.258 e. The summed E-state index contributed by atoms with van der Waals surface area (Å²) < 4.78 is 0. The standard InChI is InChI=1S/C7H16N2/c1-3-5-6-7-9-8-4-2/h3,8-9H,1,4-7H2,2H3. The maximum atomic E-state index is 3.63. The molecule has 0 aromatic heterocycles. The molecule has 0 atom stereocenters. The third-order valence-corrected chi connectivity index (χ3v) is 1.01. The van der Waals surface area contributed by atoms with Gasteiger partial charge in [0.25, 0.3) is 0 Å². The van der Waals surface area contributed by atoms with Gasteiger partial charge in [0.1, 0.15) is 0 Å². The Labute approximate surface area is 57.3 Å². The van der Waals surface area contributed by atoms with Crippen molar-refractivity contribution in [1.82, 2.24) is 10.9 Å². The number of nitrogens with one attached hydrogen (secondary N) is 2. The number of hydrogen-bond donors (Lipinski definition) is 2. The molecule has 0 radical (unpaired) electrons. The maximum absolute atomic E-state index is 3.63. The van der Waals surface area contributed by atoms with Gasteiger partial charge >= 0.3 is 0 Å². The SMILES string of the molecule is C=CCCCNNCC. The highest BCUT2D eigenvalue weighted by Gasteiger charge is 1.80. The fourth-order valence-corrected chi connectivity index (χ4v) is 0.548. The molecule has 0 aromatic carbocycles. The Kier molecular flexibility index (Phi) is 7.37. The van der Waals surface area contributed by atoms with Crippen LogP contribution in [0.1, 0.15) is 19.8 Å². The van der Waals surface area contributed by atoms with Crippen molar-refractivity contribution in [3.63, 3.8) is 0 Å². The van der Waals surface area contributed by atoms with Crippen molar-refractivity contribution in [2.75, 3.05) is 13.1 Å². The van der Waals surface area contributed by atoms with Gasteiger partial charge in [0.05, 0.1) is 0 Å². The first kappa shape index (κ1) is 8.66. The van der Waals surface area contributed by atoms with E-state index in [0.29, 0.717) is 0 Å². The van der Waals surface area contributed by atoms with E-state index < -0.39 is 0 Å². The summed E-state index contributed by atoms with van der Waals surface area (Å²) in [5.74, 6) is 0. The minimum absolute atomic E-state index is 0.980. The molecule has 9 heavy (non-hydrogen) atoms. The molecule has 0 amide bonds. The lowest BCUT2D eigenvalue weighted by molar-refractivity contribution is 0.539. The number of allylic oxidation sites excluding steroid dienone is 1. The number of hydrogen-bond acceptors (Lipinski definition) is 2. The van der Waals surface area contributed by atoms with Crippen molar-refractivity contribution in [3.05, 3.63) is 12.7 Å². The molecule has 0 bridgehead atoms. The van der Waals surface area contributed by atoms with E-state index in [9.17, 15) is 0 Å². The van der Waals surface area contributed by atoms with E-state index in [1.807, 2.05) is 6.08 Å². The second-order valence-electron chi connectivity index (χ2n) is 1.89. The van der Waals surface area contributed by atoms with Crippen LogP contribution in [0.3, 0.4) is 0 Å². The maximum Gasteiger partial charge on any atom is 0.0103 e. The Balaban J connectivity index is 2.66. The topological polar surface area (TPSA) is 24.1 Å². The summed E-state index contributed by atoms with van der Waals surface area (Å²) in [6.07, 6.45) is 4.20. The van der Waals surface area contributed by atoms with Crippen molar-refractivity contribution in [3.8, 4) is 0 Å². The first-order valence-corrected chi connectivity index (χ1v) is 3.48. The van der Waals surface area contributed by atoms with E-state index in [-0.39, 0.29) is 0 Å². The fraction of sp³-hybridized carbons (Fsp3) is 0.714. The van der Waals surface area contributed by atoms with E-state index >= 15 is 0 Å². The summed E-state index contributed by atoms with van der Waals surface area (Å²) in [5.41, 5.74) is 6.09. The Morgan fingerprint density at radius 2 is 2.22 bits per heavy atom. The highest BCUT2D eigenvalue weighted by Crippen LogP contribution is 1.84. The van der Waals surface area contributed by atoms with Gasteiger partial charge in [-0.3, -0.25) is 10.9 Å². The van der Waals surface area contributed by atoms with Crippen LogP contribution in [0.25, 0.3) is 0 Å². The third kappa shape index (κ3) is 7.66. The van der Waals surface area contributed by atoms with Gasteiger partial charge in [-0.25, -0.2) is 0 Å². The summed E-state index contributed by atoms with van der Waals surface area (Å²) in [6, 6.07) is 0. The zero-order valence-corrected chi connectivity index (χ0v) is 6.11. The van der Waals surface area contributed by atoms with Crippen molar-refractivity contribution in [2.24, 2.45) is 0 Å². The summed E-state index contributed by atoms with van der Waals surface area (Å²) >= 11 is 0. The normalized spacial score (nSPS) is 9.44. The van der Waals surface area contributed by atoms with Crippen LogP contribution in [-0.4, -0.2) is 13.1 Å². The molecule has 2 nitrogen and oxygen atoms in total. The van der Waals surface area contributed by atoms with Gasteiger partial charge in [-0.15, -0.1) is 6.58 Å². The first-order valence-electron chi connectivity index (χ1n) is 3.48. The third-order valence-electron chi connectivity index (χ3n) is 1.01. The van der Waals surface area contributed by atoms with E-state index in [1.54, 1.807) is 0 Å². The second-order valence-corrected chi connectivity index (χ2v) is 1.89. The molecule has 0 aliphatic heterocycles. The summed E-state index contributed by atoms with van der Waals surface area (Å²) in [5, 5.41) is 0. The average Bonchev–Trinajstić information content (AvgIpc) is 1.89. The molecule has 0 aliphatic rings. The van der Waals surface area contributed by atoms with E-state index in [1.165, 1.54) is 0 Å². The predicted octanol–water partition coefficient (Wildman–Crippen LogP) is 1.07. The van der Waals surface area contributed by atoms with Crippen LogP contribution in [0, 0.1) is 0 Å². The molecule has 0 heterocycles. The Hall–Kier alpha value is -0.340. The van der Waals surface area contributed by atoms with E-state index in [4.69, 9.17) is 0 Å². The van der Waals surface area contributed by atoms with Gasteiger partial charge in [0.2, 0.25) is 0 Å². The van der Waals surface area contributed by atoms with Gasteiger partial charge < -0.3 is 0 Å². The Bertz CT molecular complexity index is 61.9. The number of rotatable bonds is 6. The molecule has 2 heteroatoms. The summed E-state index contributed by atoms with van der Waals surface area (Å²) in [4.78, 5) is 0. The first-order chi connectivity index (χ1) is 4.41. The van der Waals surface area contributed by atoms with Gasteiger partial charge in [-0.05, 0) is 12.8 Å². The molecular weight excluding hydrogens is 112 g/mol. The molecule has 0 aromatic rings. The van der Waals surface area contributed by atoms with Crippen LogP contribution in [0.2, 0.25) is 0 Å². The van der Waals surface area contributed by atoms with Crippen LogP contribution in [0.5, 0.6) is 0 Å². The predicted molar refractivity (Wildman–Crippen MR) is 41.1 cm³/mol. The van der Waals surface area contributed by atoms with Crippen molar-refractivity contribution >= 4 is 0 Å². The highest BCUT2D eigenvalue weighted by atomic mass is 15.3. The van der Waals surface area contributed by atoms with Crippen molar-refractivity contribution < 1.29 is 0 Å². The smallest absolute Gasteiger partial charge is 0.0103 e. The van der Waals surface area contributed by atoms with Gasteiger partial charge in [0, 0.05) is 13.1 Å². The fourth-order valence-electron chi connectivity index (χ4n) is 0.548. The quantitative estimate of drug-likeness (QED) is 0.317. The lowest BCUT2D eigenvalue weighted by Gasteiger charge is -2.01. The molecule has 0 aliphatic carbocycles. The number of unbranched alkanes of at least 4 members (excludes halogenated alkanes) is 1.